The van der Waals surface area contributed by atoms with Crippen molar-refractivity contribution < 1.29 is 4.74 Å². The number of aryl methyl sites for hydroxylation is 1. The zero-order chi connectivity index (χ0) is 11.1. The molecule has 1 aromatic heterocycles. The molecule has 2 rings (SSSR count). The molecule has 0 radical (unpaired) electrons. The predicted octanol–water partition coefficient (Wildman–Crippen LogP) is -0.0127. The Morgan fingerprint density at radius 2 is 2.00 bits per heavy atom. The number of hydrogen-bond acceptors (Lipinski definition) is 6. The van der Waals surface area contributed by atoms with Gasteiger partial charge in [0.25, 0.3) is 0 Å². The standard InChI is InChI=1S/C9H15N5O/c1-6-11-7(10)13-8(12-6)14-4-9(2,5-14)15-3/h4-5H2,1-3H3,(H2,10,11,12,13). The van der Waals surface area contributed by atoms with Gasteiger partial charge < -0.3 is 15.4 Å². The van der Waals surface area contributed by atoms with Gasteiger partial charge >= 0.3 is 0 Å². The number of ether oxygens (including phenoxy) is 1. The van der Waals surface area contributed by atoms with E-state index in [-0.39, 0.29) is 11.5 Å². The fourth-order valence-electron chi connectivity index (χ4n) is 1.66. The van der Waals surface area contributed by atoms with Crippen LogP contribution in [0.1, 0.15) is 12.7 Å². The van der Waals surface area contributed by atoms with Gasteiger partial charge in [0, 0.05) is 7.11 Å². The smallest absolute Gasteiger partial charge is 0.230 e. The molecule has 1 aliphatic rings. The van der Waals surface area contributed by atoms with Crippen LogP contribution in [0.2, 0.25) is 0 Å². The highest BCUT2D eigenvalue weighted by atomic mass is 16.5. The summed E-state index contributed by atoms with van der Waals surface area (Å²) in [4.78, 5) is 14.3. The van der Waals surface area contributed by atoms with Crippen molar-refractivity contribution in [2.24, 2.45) is 0 Å². The topological polar surface area (TPSA) is 77.2 Å². The second-order valence-corrected chi connectivity index (χ2v) is 4.05. The SMILES string of the molecule is COC1(C)CN(c2nc(C)nc(N)n2)C1. The van der Waals surface area contributed by atoms with E-state index >= 15 is 0 Å². The molecule has 82 valence electrons. The Balaban J connectivity index is 2.13. The molecule has 2 heterocycles. The summed E-state index contributed by atoms with van der Waals surface area (Å²) in [5.41, 5.74) is 5.47. The normalized spacial score (nSPS) is 18.7. The molecule has 1 aromatic rings. The van der Waals surface area contributed by atoms with E-state index < -0.39 is 0 Å². The molecule has 0 unspecified atom stereocenters. The Kier molecular flexibility index (Phi) is 2.22. The molecule has 0 spiro atoms. The van der Waals surface area contributed by atoms with Crippen LogP contribution in [0.3, 0.4) is 0 Å². The zero-order valence-corrected chi connectivity index (χ0v) is 9.19. The average Bonchev–Trinajstić information content (AvgIpc) is 2.11. The van der Waals surface area contributed by atoms with Gasteiger partial charge in [-0.3, -0.25) is 0 Å². The predicted molar refractivity (Wildman–Crippen MR) is 56.6 cm³/mol. The molecule has 1 aliphatic heterocycles. The first-order valence-electron chi connectivity index (χ1n) is 4.81. The van der Waals surface area contributed by atoms with Crippen LogP contribution in [-0.4, -0.2) is 40.8 Å². The molecular formula is C9H15N5O. The van der Waals surface area contributed by atoms with Crippen molar-refractivity contribution in [1.29, 1.82) is 0 Å². The van der Waals surface area contributed by atoms with E-state index in [1.165, 1.54) is 0 Å². The second kappa shape index (κ2) is 3.30. The second-order valence-electron chi connectivity index (χ2n) is 4.05. The molecule has 6 nitrogen and oxygen atoms in total. The highest BCUT2D eigenvalue weighted by molar-refractivity contribution is 5.39. The number of hydrogen-bond donors (Lipinski definition) is 1. The zero-order valence-electron chi connectivity index (χ0n) is 9.19. The van der Waals surface area contributed by atoms with Crippen molar-refractivity contribution in [3.05, 3.63) is 5.82 Å². The number of aromatic nitrogens is 3. The maximum atomic E-state index is 5.56. The van der Waals surface area contributed by atoms with Crippen molar-refractivity contribution in [2.45, 2.75) is 19.4 Å². The van der Waals surface area contributed by atoms with Gasteiger partial charge in [0.15, 0.2) is 0 Å². The van der Waals surface area contributed by atoms with Crippen LogP contribution in [0.5, 0.6) is 0 Å². The molecule has 1 saturated heterocycles. The van der Waals surface area contributed by atoms with Crippen LogP contribution in [0.25, 0.3) is 0 Å². The molecule has 0 bridgehead atoms. The van der Waals surface area contributed by atoms with E-state index in [0.717, 1.165) is 13.1 Å². The van der Waals surface area contributed by atoms with Crippen LogP contribution in [-0.2, 0) is 4.74 Å². The van der Waals surface area contributed by atoms with Gasteiger partial charge in [0.05, 0.1) is 13.1 Å². The van der Waals surface area contributed by atoms with Gasteiger partial charge in [-0.25, -0.2) is 0 Å². The Morgan fingerprint density at radius 3 is 2.53 bits per heavy atom. The lowest BCUT2D eigenvalue weighted by molar-refractivity contribution is -0.0175. The average molecular weight is 209 g/mol. The van der Waals surface area contributed by atoms with E-state index in [1.54, 1.807) is 14.0 Å². The number of anilines is 2. The fraction of sp³-hybridized carbons (Fsp3) is 0.667. The third-order valence-electron chi connectivity index (χ3n) is 2.58. The Bertz CT molecular complexity index is 355. The Labute approximate surface area is 88.5 Å². The van der Waals surface area contributed by atoms with Crippen molar-refractivity contribution in [3.63, 3.8) is 0 Å². The number of nitrogen functional groups attached to an aromatic ring is 1. The highest BCUT2D eigenvalue weighted by Gasteiger charge is 2.40. The first-order chi connectivity index (χ1) is 7.02. The van der Waals surface area contributed by atoms with E-state index in [4.69, 9.17) is 10.5 Å². The van der Waals surface area contributed by atoms with Crippen LogP contribution in [0, 0.1) is 6.92 Å². The number of nitrogens with zero attached hydrogens (tertiary/aromatic N) is 4. The Morgan fingerprint density at radius 1 is 1.33 bits per heavy atom. The van der Waals surface area contributed by atoms with Gasteiger partial charge in [0.1, 0.15) is 11.4 Å². The van der Waals surface area contributed by atoms with Crippen molar-refractivity contribution in [3.8, 4) is 0 Å². The molecule has 15 heavy (non-hydrogen) atoms. The van der Waals surface area contributed by atoms with Crippen LogP contribution in [0.15, 0.2) is 0 Å². The number of rotatable bonds is 2. The maximum Gasteiger partial charge on any atom is 0.230 e. The summed E-state index contributed by atoms with van der Waals surface area (Å²) in [6.45, 7) is 5.43. The van der Waals surface area contributed by atoms with Gasteiger partial charge in [-0.15, -0.1) is 0 Å². The maximum absolute atomic E-state index is 5.56. The summed E-state index contributed by atoms with van der Waals surface area (Å²) in [5, 5.41) is 0. The largest absolute Gasteiger partial charge is 0.375 e. The molecule has 1 fully saturated rings. The summed E-state index contributed by atoms with van der Waals surface area (Å²) in [5.74, 6) is 1.54. The van der Waals surface area contributed by atoms with Gasteiger partial charge in [0.2, 0.25) is 11.9 Å². The lowest BCUT2D eigenvalue weighted by Crippen LogP contribution is -2.61. The van der Waals surface area contributed by atoms with E-state index in [1.807, 2.05) is 4.90 Å². The summed E-state index contributed by atoms with van der Waals surface area (Å²) in [6.07, 6.45) is 0. The van der Waals surface area contributed by atoms with Crippen molar-refractivity contribution in [1.82, 2.24) is 15.0 Å². The summed E-state index contributed by atoms with van der Waals surface area (Å²) >= 11 is 0. The molecular weight excluding hydrogens is 194 g/mol. The molecule has 6 heteroatoms. The van der Waals surface area contributed by atoms with E-state index in [9.17, 15) is 0 Å². The summed E-state index contributed by atoms with van der Waals surface area (Å²) < 4.78 is 5.34. The Hall–Kier alpha value is -1.43. The quantitative estimate of drug-likeness (QED) is 0.738. The van der Waals surface area contributed by atoms with Gasteiger partial charge in [-0.1, -0.05) is 0 Å². The summed E-state index contributed by atoms with van der Waals surface area (Å²) in [7, 11) is 1.71. The third kappa shape index (κ3) is 1.85. The minimum atomic E-state index is -0.0880. The van der Waals surface area contributed by atoms with Gasteiger partial charge in [-0.05, 0) is 13.8 Å². The lowest BCUT2D eigenvalue weighted by Gasteiger charge is -2.46. The van der Waals surface area contributed by atoms with E-state index in [2.05, 4.69) is 21.9 Å². The first kappa shape index (κ1) is 10.1. The molecule has 0 atom stereocenters. The van der Waals surface area contributed by atoms with E-state index in [0.29, 0.717) is 11.8 Å². The van der Waals surface area contributed by atoms with Crippen LogP contribution in [0.4, 0.5) is 11.9 Å². The first-order valence-corrected chi connectivity index (χ1v) is 4.81. The molecule has 0 amide bonds. The fourth-order valence-corrected chi connectivity index (χ4v) is 1.66. The van der Waals surface area contributed by atoms with Gasteiger partial charge in [-0.2, -0.15) is 15.0 Å². The molecule has 0 aliphatic carbocycles. The third-order valence-corrected chi connectivity index (χ3v) is 2.58. The van der Waals surface area contributed by atoms with Crippen LogP contribution >= 0.6 is 0 Å². The highest BCUT2D eigenvalue weighted by Crippen LogP contribution is 2.27. The molecule has 0 aromatic carbocycles. The molecule has 2 N–H and O–H groups in total. The summed E-state index contributed by atoms with van der Waals surface area (Å²) in [6, 6.07) is 0. The minimum Gasteiger partial charge on any atom is -0.375 e. The monoisotopic (exact) mass is 209 g/mol. The molecule has 0 saturated carbocycles. The minimum absolute atomic E-state index is 0.0880. The van der Waals surface area contributed by atoms with Crippen molar-refractivity contribution >= 4 is 11.9 Å². The van der Waals surface area contributed by atoms with Crippen molar-refractivity contribution in [2.75, 3.05) is 30.8 Å². The van der Waals surface area contributed by atoms with Crippen LogP contribution < -0.4 is 10.6 Å². The lowest BCUT2D eigenvalue weighted by atomic mass is 9.97. The number of nitrogens with two attached hydrogens (primary N) is 1. The number of methoxy groups -OCH3 is 1.